The summed E-state index contributed by atoms with van der Waals surface area (Å²) >= 11 is 2.16. The van der Waals surface area contributed by atoms with Crippen molar-refractivity contribution >= 4 is 22.6 Å². The molecule has 2 nitrogen and oxygen atoms in total. The molecule has 1 unspecified atom stereocenters. The van der Waals surface area contributed by atoms with Gasteiger partial charge < -0.3 is 4.74 Å². The lowest BCUT2D eigenvalue weighted by Crippen LogP contribution is -2.06. The van der Waals surface area contributed by atoms with Gasteiger partial charge in [-0.25, -0.2) is 13.8 Å². The largest absolute Gasteiger partial charge is 0.477 e. The molecule has 1 fully saturated rings. The topological polar surface area (TPSA) is 22.1 Å². The second-order valence-electron chi connectivity index (χ2n) is 3.74. The molecule has 1 aliphatic rings. The van der Waals surface area contributed by atoms with Crippen molar-refractivity contribution in [3.8, 4) is 5.88 Å². The molecule has 0 bridgehead atoms. The van der Waals surface area contributed by atoms with Gasteiger partial charge in [-0.2, -0.15) is 0 Å². The number of hydrogen-bond acceptors (Lipinski definition) is 2. The second-order valence-corrected chi connectivity index (χ2v) is 4.91. The van der Waals surface area contributed by atoms with E-state index in [2.05, 4.69) is 27.6 Å². The number of aromatic nitrogens is 1. The van der Waals surface area contributed by atoms with Gasteiger partial charge in [-0.3, -0.25) is 0 Å². The number of aryl methyl sites for hydroxylation is 1. The van der Waals surface area contributed by atoms with Crippen molar-refractivity contribution in [2.75, 3.05) is 6.61 Å². The molecule has 0 spiro atoms. The van der Waals surface area contributed by atoms with E-state index in [1.807, 2.05) is 6.92 Å². The molecule has 82 valence electrons. The van der Waals surface area contributed by atoms with Crippen molar-refractivity contribution < 1.29 is 13.5 Å². The first-order valence-electron chi connectivity index (χ1n) is 4.62. The molecule has 0 aliphatic heterocycles. The highest BCUT2D eigenvalue weighted by Crippen LogP contribution is 2.48. The monoisotopic (exact) mass is 325 g/mol. The van der Waals surface area contributed by atoms with E-state index in [0.717, 1.165) is 9.13 Å². The van der Waals surface area contributed by atoms with E-state index in [-0.39, 0.29) is 13.0 Å². The first-order valence-corrected chi connectivity index (χ1v) is 5.70. The van der Waals surface area contributed by atoms with Crippen LogP contribution in [0, 0.1) is 16.4 Å². The number of nitrogens with zero attached hydrogens (tertiary/aromatic N) is 1. The summed E-state index contributed by atoms with van der Waals surface area (Å²) in [4.78, 5) is 4.01. The summed E-state index contributed by atoms with van der Waals surface area (Å²) in [5.74, 6) is -2.72. The molecule has 1 heterocycles. The van der Waals surface area contributed by atoms with Gasteiger partial charge in [0.25, 0.3) is 5.92 Å². The van der Waals surface area contributed by atoms with Crippen LogP contribution in [0.1, 0.15) is 12.0 Å². The summed E-state index contributed by atoms with van der Waals surface area (Å²) in [5, 5.41) is 0. The van der Waals surface area contributed by atoms with Gasteiger partial charge in [0.05, 0.1) is 12.5 Å². The van der Waals surface area contributed by atoms with Crippen LogP contribution in [0.25, 0.3) is 0 Å². The molecule has 2 rings (SSSR count). The third-order valence-corrected chi connectivity index (χ3v) is 3.56. The smallest absolute Gasteiger partial charge is 0.255 e. The minimum Gasteiger partial charge on any atom is -0.477 e. The SMILES string of the molecule is Cc1cnc(OCC2CC2(F)F)cc1I. The molecule has 1 aromatic rings. The highest BCUT2D eigenvalue weighted by atomic mass is 127. The zero-order valence-corrected chi connectivity index (χ0v) is 10.3. The van der Waals surface area contributed by atoms with E-state index in [1.165, 1.54) is 0 Å². The average molecular weight is 325 g/mol. The lowest BCUT2D eigenvalue weighted by atomic mass is 10.3. The molecule has 0 N–H and O–H groups in total. The Morgan fingerprint density at radius 3 is 2.87 bits per heavy atom. The first kappa shape index (κ1) is 11.0. The van der Waals surface area contributed by atoms with Crippen molar-refractivity contribution in [3.05, 3.63) is 21.4 Å². The van der Waals surface area contributed by atoms with E-state index in [1.54, 1.807) is 12.3 Å². The Bertz CT molecular complexity index is 384. The Hall–Kier alpha value is -0.460. The minimum atomic E-state index is -2.52. The molecule has 0 amide bonds. The second kappa shape index (κ2) is 3.84. The predicted molar refractivity (Wildman–Crippen MR) is 60.2 cm³/mol. The van der Waals surface area contributed by atoms with E-state index < -0.39 is 11.8 Å². The molecule has 1 saturated carbocycles. The fourth-order valence-corrected chi connectivity index (χ4v) is 1.60. The quantitative estimate of drug-likeness (QED) is 0.797. The predicted octanol–water partition coefficient (Wildman–Crippen LogP) is 3.03. The lowest BCUT2D eigenvalue weighted by Gasteiger charge is -2.05. The maximum absolute atomic E-state index is 12.5. The number of rotatable bonds is 3. The normalized spacial score (nSPS) is 22.5. The van der Waals surface area contributed by atoms with Crippen LogP contribution >= 0.6 is 22.6 Å². The molecule has 0 aromatic carbocycles. The number of pyridine rings is 1. The van der Waals surface area contributed by atoms with Gasteiger partial charge in [0.2, 0.25) is 5.88 Å². The van der Waals surface area contributed by atoms with E-state index in [4.69, 9.17) is 4.74 Å². The summed E-state index contributed by atoms with van der Waals surface area (Å²) < 4.78 is 31.3. The van der Waals surface area contributed by atoms with Gasteiger partial charge in [-0.1, -0.05) is 0 Å². The Morgan fingerprint density at radius 2 is 2.33 bits per heavy atom. The third-order valence-electron chi connectivity index (χ3n) is 2.40. The van der Waals surface area contributed by atoms with Crippen molar-refractivity contribution in [2.45, 2.75) is 19.3 Å². The van der Waals surface area contributed by atoms with Gasteiger partial charge in [-0.05, 0) is 35.1 Å². The van der Waals surface area contributed by atoms with E-state index in [0.29, 0.717) is 5.88 Å². The lowest BCUT2D eigenvalue weighted by molar-refractivity contribution is 0.0849. The van der Waals surface area contributed by atoms with Crippen molar-refractivity contribution in [2.24, 2.45) is 5.92 Å². The van der Waals surface area contributed by atoms with Gasteiger partial charge in [0, 0.05) is 22.3 Å². The fourth-order valence-electron chi connectivity index (χ4n) is 1.20. The van der Waals surface area contributed by atoms with Gasteiger partial charge in [-0.15, -0.1) is 0 Å². The highest BCUT2D eigenvalue weighted by Gasteiger charge is 2.57. The molecule has 1 aromatic heterocycles. The molecule has 1 aliphatic carbocycles. The molecular formula is C10H10F2INO. The van der Waals surface area contributed by atoms with E-state index >= 15 is 0 Å². The number of hydrogen-bond donors (Lipinski definition) is 0. The number of alkyl halides is 2. The van der Waals surface area contributed by atoms with Gasteiger partial charge in [0.1, 0.15) is 0 Å². The molecule has 5 heteroatoms. The zero-order valence-electron chi connectivity index (χ0n) is 8.14. The van der Waals surface area contributed by atoms with Crippen LogP contribution in [0.4, 0.5) is 8.78 Å². The number of halogens is 3. The fraction of sp³-hybridized carbons (Fsp3) is 0.500. The van der Waals surface area contributed by atoms with Crippen LogP contribution in [0.2, 0.25) is 0 Å². The van der Waals surface area contributed by atoms with Crippen LogP contribution in [-0.4, -0.2) is 17.5 Å². The van der Waals surface area contributed by atoms with Gasteiger partial charge in [0.15, 0.2) is 0 Å². The van der Waals surface area contributed by atoms with Crippen LogP contribution in [0.5, 0.6) is 5.88 Å². The van der Waals surface area contributed by atoms with Crippen LogP contribution in [-0.2, 0) is 0 Å². The summed E-state index contributed by atoms with van der Waals surface area (Å²) in [7, 11) is 0. The summed E-state index contributed by atoms with van der Waals surface area (Å²) in [6.45, 7) is 1.99. The maximum Gasteiger partial charge on any atom is 0.255 e. The Labute approximate surface area is 100 Å². The van der Waals surface area contributed by atoms with Crippen LogP contribution in [0.15, 0.2) is 12.3 Å². The van der Waals surface area contributed by atoms with Gasteiger partial charge >= 0.3 is 0 Å². The van der Waals surface area contributed by atoms with Crippen molar-refractivity contribution in [3.63, 3.8) is 0 Å². The maximum atomic E-state index is 12.5. The Balaban J connectivity index is 1.92. The third kappa shape index (κ3) is 2.56. The molecule has 0 saturated heterocycles. The van der Waals surface area contributed by atoms with Crippen LogP contribution in [0.3, 0.4) is 0 Å². The highest BCUT2D eigenvalue weighted by molar-refractivity contribution is 14.1. The Morgan fingerprint density at radius 1 is 1.67 bits per heavy atom. The molecule has 1 atom stereocenters. The minimum absolute atomic E-state index is 0.0547. The molecule has 0 radical (unpaired) electrons. The Kier molecular flexibility index (Phi) is 2.83. The first-order chi connectivity index (χ1) is 6.99. The molecular weight excluding hydrogens is 315 g/mol. The summed E-state index contributed by atoms with van der Waals surface area (Å²) in [5.41, 5.74) is 1.06. The van der Waals surface area contributed by atoms with E-state index in [9.17, 15) is 8.78 Å². The summed E-state index contributed by atoms with van der Waals surface area (Å²) in [6, 6.07) is 1.76. The molecule has 15 heavy (non-hydrogen) atoms. The zero-order chi connectivity index (χ0) is 11.1. The van der Waals surface area contributed by atoms with Crippen molar-refractivity contribution in [1.29, 1.82) is 0 Å². The number of ether oxygens (including phenoxy) is 1. The average Bonchev–Trinajstić information content (AvgIpc) is 2.77. The van der Waals surface area contributed by atoms with Crippen LogP contribution < -0.4 is 4.74 Å². The van der Waals surface area contributed by atoms with Crippen molar-refractivity contribution in [1.82, 2.24) is 4.98 Å². The standard InChI is InChI=1S/C10H10F2INO/c1-6-4-14-9(2-8(6)13)15-5-7-3-10(7,11)12/h2,4,7H,3,5H2,1H3. The summed E-state index contributed by atoms with van der Waals surface area (Å²) in [6.07, 6.45) is 1.62.